The molecule has 6 nitrogen and oxygen atoms in total. The molecule has 16 heavy (non-hydrogen) atoms. The summed E-state index contributed by atoms with van der Waals surface area (Å²) in [6, 6.07) is -0.436. The summed E-state index contributed by atoms with van der Waals surface area (Å²) in [5.41, 5.74) is 0. The largest absolute Gasteiger partial charge is 0.481 e. The number of piperazine rings is 1. The van der Waals surface area contributed by atoms with E-state index in [0.29, 0.717) is 19.5 Å². The van der Waals surface area contributed by atoms with Gasteiger partial charge in [0.15, 0.2) is 0 Å². The molecule has 0 bridgehead atoms. The van der Waals surface area contributed by atoms with Gasteiger partial charge in [-0.2, -0.15) is 0 Å². The fraction of sp³-hybridized carbons (Fsp3) is 0.800. The Morgan fingerprint density at radius 1 is 1.44 bits per heavy atom. The minimum atomic E-state index is -0.882. The lowest BCUT2D eigenvalue weighted by atomic mass is 10.1. The van der Waals surface area contributed by atoms with Crippen LogP contribution in [0.1, 0.15) is 19.8 Å². The molecular weight excluding hydrogens is 210 g/mol. The summed E-state index contributed by atoms with van der Waals surface area (Å²) in [6.45, 7) is 4.81. The molecular formula is C10H19N3O3. The second-order valence-electron chi connectivity index (χ2n) is 3.89. The SMILES string of the molecule is CCC(CC(=O)O)NC(=O)N1CCNCC1. The Balaban J connectivity index is 2.38. The molecule has 92 valence electrons. The standard InChI is InChI=1S/C10H19N3O3/c1-2-8(7-9(14)15)12-10(16)13-5-3-11-4-6-13/h8,11H,2-7H2,1H3,(H,12,16)(H,14,15). The van der Waals surface area contributed by atoms with E-state index in [0.717, 1.165) is 13.1 Å². The third-order valence-electron chi connectivity index (χ3n) is 2.65. The van der Waals surface area contributed by atoms with E-state index < -0.39 is 5.97 Å². The highest BCUT2D eigenvalue weighted by atomic mass is 16.4. The van der Waals surface area contributed by atoms with E-state index in [1.165, 1.54) is 0 Å². The van der Waals surface area contributed by atoms with Gasteiger partial charge in [-0.3, -0.25) is 4.79 Å². The van der Waals surface area contributed by atoms with E-state index >= 15 is 0 Å². The van der Waals surface area contributed by atoms with Gasteiger partial charge < -0.3 is 20.6 Å². The molecule has 3 N–H and O–H groups in total. The van der Waals surface area contributed by atoms with Crippen LogP contribution in [-0.4, -0.2) is 54.2 Å². The molecule has 0 aromatic rings. The van der Waals surface area contributed by atoms with Gasteiger partial charge in [0.05, 0.1) is 6.42 Å². The maximum Gasteiger partial charge on any atom is 0.317 e. The average molecular weight is 229 g/mol. The number of nitrogens with one attached hydrogen (secondary N) is 2. The number of amides is 2. The second kappa shape index (κ2) is 6.32. The zero-order valence-corrected chi connectivity index (χ0v) is 9.53. The van der Waals surface area contributed by atoms with Crippen LogP contribution in [0.25, 0.3) is 0 Å². The molecule has 6 heteroatoms. The van der Waals surface area contributed by atoms with Gasteiger partial charge in [-0.15, -0.1) is 0 Å². The number of rotatable bonds is 4. The molecule has 0 aromatic carbocycles. The molecule has 1 atom stereocenters. The number of carbonyl (C=O) groups is 2. The predicted octanol–water partition coefficient (Wildman–Crippen LogP) is -0.145. The molecule has 1 unspecified atom stereocenters. The number of carbonyl (C=O) groups excluding carboxylic acids is 1. The van der Waals surface area contributed by atoms with Crippen LogP contribution in [-0.2, 0) is 4.79 Å². The second-order valence-corrected chi connectivity index (χ2v) is 3.89. The quantitative estimate of drug-likeness (QED) is 0.626. The van der Waals surface area contributed by atoms with Crippen LogP contribution in [0.3, 0.4) is 0 Å². The summed E-state index contributed by atoms with van der Waals surface area (Å²) < 4.78 is 0. The molecule has 1 fully saturated rings. The van der Waals surface area contributed by atoms with E-state index in [-0.39, 0.29) is 18.5 Å². The van der Waals surface area contributed by atoms with Gasteiger partial charge >= 0.3 is 12.0 Å². The van der Waals surface area contributed by atoms with Crippen LogP contribution >= 0.6 is 0 Å². The van der Waals surface area contributed by atoms with Gasteiger partial charge in [0, 0.05) is 32.2 Å². The first-order valence-corrected chi connectivity index (χ1v) is 5.61. The molecule has 0 aliphatic carbocycles. The van der Waals surface area contributed by atoms with Crippen molar-refractivity contribution in [3.63, 3.8) is 0 Å². The van der Waals surface area contributed by atoms with Crippen molar-refractivity contribution in [3.8, 4) is 0 Å². The summed E-state index contributed by atoms with van der Waals surface area (Å²) in [6.07, 6.45) is 0.610. The summed E-state index contributed by atoms with van der Waals surface area (Å²) in [7, 11) is 0. The molecule has 1 heterocycles. The Bertz CT molecular complexity index is 252. The Kier molecular flexibility index (Phi) is 5.04. The van der Waals surface area contributed by atoms with Crippen molar-refractivity contribution in [2.24, 2.45) is 0 Å². The number of urea groups is 1. The van der Waals surface area contributed by atoms with Crippen LogP contribution in [0, 0.1) is 0 Å². The first-order chi connectivity index (χ1) is 7.63. The topological polar surface area (TPSA) is 81.7 Å². The Labute approximate surface area is 95.0 Å². The Morgan fingerprint density at radius 2 is 2.06 bits per heavy atom. The van der Waals surface area contributed by atoms with Crippen LogP contribution in [0.5, 0.6) is 0 Å². The first kappa shape index (κ1) is 12.8. The molecule has 0 radical (unpaired) electrons. The number of hydrogen-bond donors (Lipinski definition) is 3. The van der Waals surface area contributed by atoms with Gasteiger partial charge in [-0.25, -0.2) is 4.79 Å². The molecule has 1 rings (SSSR count). The molecule has 0 saturated carbocycles. The number of nitrogens with zero attached hydrogens (tertiary/aromatic N) is 1. The normalized spacial score (nSPS) is 17.9. The van der Waals surface area contributed by atoms with Crippen molar-refractivity contribution in [1.82, 2.24) is 15.5 Å². The van der Waals surface area contributed by atoms with Crippen LogP contribution in [0.2, 0.25) is 0 Å². The van der Waals surface area contributed by atoms with Gasteiger partial charge in [0.25, 0.3) is 0 Å². The minimum Gasteiger partial charge on any atom is -0.481 e. The van der Waals surface area contributed by atoms with Crippen molar-refractivity contribution in [3.05, 3.63) is 0 Å². The van der Waals surface area contributed by atoms with Crippen molar-refractivity contribution in [2.75, 3.05) is 26.2 Å². The monoisotopic (exact) mass is 229 g/mol. The van der Waals surface area contributed by atoms with Gasteiger partial charge in [0.2, 0.25) is 0 Å². The molecule has 1 saturated heterocycles. The van der Waals surface area contributed by atoms with Crippen LogP contribution in [0.15, 0.2) is 0 Å². The summed E-state index contributed by atoms with van der Waals surface area (Å²) in [4.78, 5) is 24.0. The van der Waals surface area contributed by atoms with E-state index in [1.807, 2.05) is 6.92 Å². The lowest BCUT2D eigenvalue weighted by molar-refractivity contribution is -0.137. The third-order valence-corrected chi connectivity index (χ3v) is 2.65. The van der Waals surface area contributed by atoms with E-state index in [1.54, 1.807) is 4.90 Å². The first-order valence-electron chi connectivity index (χ1n) is 5.61. The highest BCUT2D eigenvalue weighted by Crippen LogP contribution is 2.00. The lowest BCUT2D eigenvalue weighted by Gasteiger charge is -2.29. The highest BCUT2D eigenvalue weighted by molar-refractivity contribution is 5.76. The fourth-order valence-electron chi connectivity index (χ4n) is 1.64. The molecule has 1 aliphatic heterocycles. The van der Waals surface area contributed by atoms with E-state index in [2.05, 4.69) is 10.6 Å². The molecule has 0 aromatic heterocycles. The zero-order valence-electron chi connectivity index (χ0n) is 9.53. The minimum absolute atomic E-state index is 0.0195. The van der Waals surface area contributed by atoms with Crippen molar-refractivity contribution >= 4 is 12.0 Å². The number of aliphatic carboxylic acids is 1. The van der Waals surface area contributed by atoms with Crippen LogP contribution in [0.4, 0.5) is 4.79 Å². The molecule has 1 aliphatic rings. The predicted molar refractivity (Wildman–Crippen MR) is 59.3 cm³/mol. The van der Waals surface area contributed by atoms with Crippen molar-refractivity contribution < 1.29 is 14.7 Å². The highest BCUT2D eigenvalue weighted by Gasteiger charge is 2.19. The molecule has 0 spiro atoms. The van der Waals surface area contributed by atoms with Gasteiger partial charge in [-0.1, -0.05) is 6.92 Å². The third kappa shape index (κ3) is 4.06. The lowest BCUT2D eigenvalue weighted by Crippen LogP contribution is -2.52. The maximum atomic E-state index is 11.7. The Hall–Kier alpha value is -1.30. The van der Waals surface area contributed by atoms with Gasteiger partial charge in [0.1, 0.15) is 0 Å². The number of carboxylic acids is 1. The summed E-state index contributed by atoms with van der Waals surface area (Å²) in [5.74, 6) is -0.882. The maximum absolute atomic E-state index is 11.7. The van der Waals surface area contributed by atoms with Gasteiger partial charge in [-0.05, 0) is 6.42 Å². The van der Waals surface area contributed by atoms with Crippen molar-refractivity contribution in [2.45, 2.75) is 25.8 Å². The number of carboxylic acid groups (broad SMARTS) is 1. The molecule has 2 amide bonds. The zero-order chi connectivity index (χ0) is 12.0. The number of hydrogen-bond acceptors (Lipinski definition) is 3. The summed E-state index contributed by atoms with van der Waals surface area (Å²) >= 11 is 0. The van der Waals surface area contributed by atoms with E-state index in [4.69, 9.17) is 5.11 Å². The smallest absolute Gasteiger partial charge is 0.317 e. The Morgan fingerprint density at radius 3 is 2.56 bits per heavy atom. The van der Waals surface area contributed by atoms with Crippen molar-refractivity contribution in [1.29, 1.82) is 0 Å². The summed E-state index contributed by atoms with van der Waals surface area (Å²) in [5, 5.41) is 14.6. The van der Waals surface area contributed by atoms with E-state index in [9.17, 15) is 9.59 Å². The van der Waals surface area contributed by atoms with Crippen LogP contribution < -0.4 is 10.6 Å². The average Bonchev–Trinajstić information content (AvgIpc) is 2.28. The fourth-order valence-corrected chi connectivity index (χ4v) is 1.64.